The molecule has 7 heteroatoms. The fourth-order valence-electron chi connectivity index (χ4n) is 3.03. The zero-order valence-corrected chi connectivity index (χ0v) is 17.0. The maximum Gasteiger partial charge on any atom is 0.331 e. The van der Waals surface area contributed by atoms with Gasteiger partial charge in [0.15, 0.2) is 5.78 Å². The third-order valence-corrected chi connectivity index (χ3v) is 5.89. The Bertz CT molecular complexity index is 1100. The van der Waals surface area contributed by atoms with E-state index < -0.39 is 11.5 Å². The standard InChI is InChI=1S/C22H21FN2O3S/c1-15-20(27)25(14-16-6-4-3-5-7-16)22(28)24(2)21(15)29-13-12-19(26)17-8-10-18(23)11-9-17/h3-11H,12-14H2,1-2H3. The number of nitrogens with zero attached hydrogens (tertiary/aromatic N) is 2. The third kappa shape index (κ3) is 4.74. The highest BCUT2D eigenvalue weighted by atomic mass is 32.2. The molecule has 0 aliphatic rings. The normalized spacial score (nSPS) is 10.9. The van der Waals surface area contributed by atoms with Gasteiger partial charge in [-0.25, -0.2) is 9.18 Å². The van der Waals surface area contributed by atoms with Crippen molar-refractivity contribution in [3.8, 4) is 0 Å². The Hall–Kier alpha value is -2.93. The van der Waals surface area contributed by atoms with Gasteiger partial charge < -0.3 is 0 Å². The summed E-state index contributed by atoms with van der Waals surface area (Å²) in [5.74, 6) is -0.0953. The number of hydrogen-bond acceptors (Lipinski definition) is 4. The summed E-state index contributed by atoms with van der Waals surface area (Å²) < 4.78 is 15.7. The molecule has 0 aliphatic carbocycles. The molecular formula is C22H21FN2O3S. The smallest absolute Gasteiger partial charge is 0.294 e. The van der Waals surface area contributed by atoms with Crippen molar-refractivity contribution in [2.45, 2.75) is 24.9 Å². The monoisotopic (exact) mass is 412 g/mol. The van der Waals surface area contributed by atoms with Crippen molar-refractivity contribution in [3.05, 3.63) is 97.9 Å². The minimum Gasteiger partial charge on any atom is -0.294 e. The third-order valence-electron chi connectivity index (χ3n) is 4.63. The van der Waals surface area contributed by atoms with Crippen LogP contribution in [0.15, 0.2) is 69.2 Å². The number of hydrogen-bond donors (Lipinski definition) is 0. The molecule has 0 N–H and O–H groups in total. The van der Waals surface area contributed by atoms with Crippen LogP contribution in [-0.2, 0) is 13.6 Å². The van der Waals surface area contributed by atoms with Crippen LogP contribution in [0.1, 0.15) is 27.9 Å². The minimum absolute atomic E-state index is 0.113. The van der Waals surface area contributed by atoms with Crippen LogP contribution in [0.5, 0.6) is 0 Å². The van der Waals surface area contributed by atoms with Crippen LogP contribution in [0.2, 0.25) is 0 Å². The zero-order valence-electron chi connectivity index (χ0n) is 16.2. The number of benzene rings is 2. The van der Waals surface area contributed by atoms with Crippen LogP contribution < -0.4 is 11.2 Å². The molecule has 0 amide bonds. The summed E-state index contributed by atoms with van der Waals surface area (Å²) in [4.78, 5) is 37.7. The molecule has 0 saturated carbocycles. The van der Waals surface area contributed by atoms with Crippen LogP contribution in [0.4, 0.5) is 4.39 Å². The predicted octanol–water partition coefficient (Wildman–Crippen LogP) is 3.41. The zero-order chi connectivity index (χ0) is 21.0. The molecule has 2 aromatic carbocycles. The lowest BCUT2D eigenvalue weighted by Crippen LogP contribution is -2.41. The second kappa shape index (κ2) is 9.05. The summed E-state index contributed by atoms with van der Waals surface area (Å²) >= 11 is 1.30. The van der Waals surface area contributed by atoms with Gasteiger partial charge in [-0.1, -0.05) is 30.3 Å². The van der Waals surface area contributed by atoms with Crippen molar-refractivity contribution in [2.75, 3.05) is 5.75 Å². The number of aromatic nitrogens is 2. The van der Waals surface area contributed by atoms with Crippen LogP contribution in [0.25, 0.3) is 0 Å². The van der Waals surface area contributed by atoms with Gasteiger partial charge in [0.1, 0.15) is 5.82 Å². The highest BCUT2D eigenvalue weighted by molar-refractivity contribution is 7.99. The van der Waals surface area contributed by atoms with Gasteiger partial charge in [0.25, 0.3) is 5.56 Å². The lowest BCUT2D eigenvalue weighted by molar-refractivity contribution is 0.0989. The van der Waals surface area contributed by atoms with E-state index in [1.165, 1.54) is 45.2 Å². The molecule has 0 saturated heterocycles. The summed E-state index contributed by atoms with van der Waals surface area (Å²) in [7, 11) is 1.63. The van der Waals surface area contributed by atoms with E-state index in [9.17, 15) is 18.8 Å². The fourth-order valence-corrected chi connectivity index (χ4v) is 4.09. The van der Waals surface area contributed by atoms with E-state index in [0.717, 1.165) is 5.56 Å². The van der Waals surface area contributed by atoms with Gasteiger partial charge in [0, 0.05) is 30.3 Å². The molecule has 29 heavy (non-hydrogen) atoms. The lowest BCUT2D eigenvalue weighted by atomic mass is 10.1. The number of ketones is 1. The SMILES string of the molecule is Cc1c(SCCC(=O)c2ccc(F)cc2)n(C)c(=O)n(Cc2ccccc2)c1=O. The fraction of sp³-hybridized carbons (Fsp3) is 0.227. The van der Waals surface area contributed by atoms with E-state index in [4.69, 9.17) is 0 Å². The number of Topliss-reactive ketones (excluding diaryl/α,β-unsaturated/α-hetero) is 1. The van der Waals surface area contributed by atoms with Crippen molar-refractivity contribution in [1.82, 2.24) is 9.13 Å². The highest BCUT2D eigenvalue weighted by Gasteiger charge is 2.15. The Balaban J connectivity index is 1.76. The predicted molar refractivity (Wildman–Crippen MR) is 112 cm³/mol. The van der Waals surface area contributed by atoms with Gasteiger partial charge in [-0.15, -0.1) is 11.8 Å². The van der Waals surface area contributed by atoms with Crippen molar-refractivity contribution < 1.29 is 9.18 Å². The Morgan fingerprint density at radius 3 is 2.34 bits per heavy atom. The van der Waals surface area contributed by atoms with Gasteiger partial charge in [0.05, 0.1) is 11.6 Å². The molecule has 0 spiro atoms. The molecule has 0 bridgehead atoms. The van der Waals surface area contributed by atoms with E-state index in [2.05, 4.69) is 0 Å². The Kier molecular flexibility index (Phi) is 6.49. The van der Waals surface area contributed by atoms with Crippen molar-refractivity contribution >= 4 is 17.5 Å². The quantitative estimate of drug-likeness (QED) is 0.339. The summed E-state index contributed by atoms with van der Waals surface area (Å²) in [6, 6.07) is 14.7. The molecule has 0 atom stereocenters. The Morgan fingerprint density at radius 1 is 1.03 bits per heavy atom. The Labute approximate surface area is 171 Å². The van der Waals surface area contributed by atoms with Crippen molar-refractivity contribution in [1.29, 1.82) is 0 Å². The summed E-state index contributed by atoms with van der Waals surface area (Å²) in [6.45, 7) is 1.90. The highest BCUT2D eigenvalue weighted by Crippen LogP contribution is 2.20. The summed E-state index contributed by atoms with van der Waals surface area (Å²) in [6.07, 6.45) is 0.219. The number of carbonyl (C=O) groups is 1. The first-order chi connectivity index (χ1) is 13.9. The van der Waals surface area contributed by atoms with E-state index in [1.807, 2.05) is 30.3 Å². The number of thioether (sulfide) groups is 1. The summed E-state index contributed by atoms with van der Waals surface area (Å²) in [5, 5.41) is 0.552. The summed E-state index contributed by atoms with van der Waals surface area (Å²) in [5.41, 5.74) is 1.07. The maximum atomic E-state index is 13.0. The van der Waals surface area contributed by atoms with Crippen molar-refractivity contribution in [2.24, 2.45) is 7.05 Å². The molecule has 5 nitrogen and oxygen atoms in total. The number of rotatable bonds is 7. The molecule has 0 radical (unpaired) electrons. The number of halogens is 1. The molecular weight excluding hydrogens is 391 g/mol. The largest absolute Gasteiger partial charge is 0.331 e. The van der Waals surface area contributed by atoms with Crippen LogP contribution in [-0.4, -0.2) is 20.7 Å². The second-order valence-corrected chi connectivity index (χ2v) is 7.76. The first kappa shape index (κ1) is 20.8. The van der Waals surface area contributed by atoms with Gasteiger partial charge >= 0.3 is 5.69 Å². The van der Waals surface area contributed by atoms with Crippen LogP contribution in [0.3, 0.4) is 0 Å². The van der Waals surface area contributed by atoms with Gasteiger partial charge in [-0.05, 0) is 36.8 Å². The molecule has 150 valence electrons. The molecule has 1 heterocycles. The average molecular weight is 412 g/mol. The number of carbonyl (C=O) groups excluding carboxylic acids is 1. The Morgan fingerprint density at radius 2 is 1.69 bits per heavy atom. The van der Waals surface area contributed by atoms with E-state index in [0.29, 0.717) is 21.9 Å². The van der Waals surface area contributed by atoms with Gasteiger partial charge in [0.2, 0.25) is 0 Å². The average Bonchev–Trinajstić information content (AvgIpc) is 2.73. The lowest BCUT2D eigenvalue weighted by Gasteiger charge is -2.14. The first-order valence-electron chi connectivity index (χ1n) is 9.14. The van der Waals surface area contributed by atoms with Crippen LogP contribution >= 0.6 is 11.8 Å². The maximum absolute atomic E-state index is 13.0. The van der Waals surface area contributed by atoms with Crippen LogP contribution in [0, 0.1) is 12.7 Å². The first-order valence-corrected chi connectivity index (χ1v) is 10.1. The van der Waals surface area contributed by atoms with Gasteiger partial charge in [-0.3, -0.25) is 18.7 Å². The van der Waals surface area contributed by atoms with E-state index >= 15 is 0 Å². The second-order valence-electron chi connectivity index (χ2n) is 6.68. The molecule has 0 fully saturated rings. The molecule has 0 unspecified atom stereocenters. The van der Waals surface area contributed by atoms with E-state index in [-0.39, 0.29) is 24.3 Å². The van der Waals surface area contributed by atoms with Crippen molar-refractivity contribution in [3.63, 3.8) is 0 Å². The topological polar surface area (TPSA) is 61.1 Å². The minimum atomic E-state index is -0.392. The molecule has 1 aromatic heterocycles. The van der Waals surface area contributed by atoms with Gasteiger partial charge in [-0.2, -0.15) is 0 Å². The molecule has 3 aromatic rings. The molecule has 0 aliphatic heterocycles. The van der Waals surface area contributed by atoms with E-state index in [1.54, 1.807) is 14.0 Å². The molecule has 3 rings (SSSR count).